The molecule has 1 aliphatic heterocycles. The second kappa shape index (κ2) is 4.27. The average molecular weight is 270 g/mol. The molecule has 2 aromatic rings. The highest BCUT2D eigenvalue weighted by molar-refractivity contribution is 6.62. The predicted octanol–water partition coefficient (Wildman–Crippen LogP) is 2.24. The van der Waals surface area contributed by atoms with Crippen molar-refractivity contribution in [2.24, 2.45) is 0 Å². The molecule has 1 aromatic carbocycles. The lowest BCUT2D eigenvalue weighted by atomic mass is 9.78. The van der Waals surface area contributed by atoms with Gasteiger partial charge >= 0.3 is 7.12 Å². The summed E-state index contributed by atoms with van der Waals surface area (Å²) in [6.07, 6.45) is 3.42. The van der Waals surface area contributed by atoms with E-state index in [1.54, 1.807) is 12.4 Å². The molecule has 0 amide bonds. The third-order valence-corrected chi connectivity index (χ3v) is 4.31. The monoisotopic (exact) mass is 270 g/mol. The summed E-state index contributed by atoms with van der Waals surface area (Å²) in [4.78, 5) is 8.73. The molecule has 0 spiro atoms. The van der Waals surface area contributed by atoms with Crippen LogP contribution in [0.25, 0.3) is 11.0 Å². The topological polar surface area (TPSA) is 44.2 Å². The van der Waals surface area contributed by atoms with Gasteiger partial charge in [-0.1, -0.05) is 6.07 Å². The highest BCUT2D eigenvalue weighted by Crippen LogP contribution is 2.36. The Morgan fingerprint density at radius 2 is 1.55 bits per heavy atom. The molecule has 20 heavy (non-hydrogen) atoms. The molecule has 2 heterocycles. The Hall–Kier alpha value is -1.46. The van der Waals surface area contributed by atoms with E-state index < -0.39 is 0 Å². The van der Waals surface area contributed by atoms with Gasteiger partial charge in [-0.05, 0) is 51.7 Å². The maximum atomic E-state index is 6.08. The molecule has 0 aliphatic carbocycles. The van der Waals surface area contributed by atoms with Gasteiger partial charge in [-0.25, -0.2) is 0 Å². The van der Waals surface area contributed by atoms with E-state index in [1.807, 2.05) is 13.0 Å². The third-order valence-electron chi connectivity index (χ3n) is 4.31. The summed E-state index contributed by atoms with van der Waals surface area (Å²) < 4.78 is 12.2. The molecule has 5 heteroatoms. The van der Waals surface area contributed by atoms with Crippen LogP contribution >= 0.6 is 0 Å². The highest BCUT2D eigenvalue weighted by atomic mass is 16.7. The first-order valence-electron chi connectivity index (χ1n) is 6.87. The van der Waals surface area contributed by atoms with Gasteiger partial charge in [0.15, 0.2) is 0 Å². The molecule has 104 valence electrons. The van der Waals surface area contributed by atoms with Gasteiger partial charge in [0.1, 0.15) is 0 Å². The lowest BCUT2D eigenvalue weighted by Gasteiger charge is -2.32. The fraction of sp³-hybridized carbons (Fsp3) is 0.467. The zero-order chi connectivity index (χ0) is 14.5. The molecule has 1 aliphatic rings. The van der Waals surface area contributed by atoms with E-state index >= 15 is 0 Å². The molecule has 0 bridgehead atoms. The number of nitrogens with zero attached hydrogens (tertiary/aromatic N) is 2. The van der Waals surface area contributed by atoms with Crippen molar-refractivity contribution in [2.75, 3.05) is 0 Å². The fourth-order valence-electron chi connectivity index (χ4n) is 2.39. The zero-order valence-electron chi connectivity index (χ0n) is 12.6. The van der Waals surface area contributed by atoms with Crippen LogP contribution in [0.3, 0.4) is 0 Å². The van der Waals surface area contributed by atoms with Gasteiger partial charge in [0, 0.05) is 12.4 Å². The van der Waals surface area contributed by atoms with E-state index in [2.05, 4.69) is 43.7 Å². The fourth-order valence-corrected chi connectivity index (χ4v) is 2.39. The van der Waals surface area contributed by atoms with Crippen LogP contribution < -0.4 is 5.46 Å². The molecule has 0 atom stereocenters. The first-order chi connectivity index (χ1) is 9.30. The van der Waals surface area contributed by atoms with Crippen LogP contribution in [0.4, 0.5) is 0 Å². The van der Waals surface area contributed by atoms with Crippen LogP contribution in [0.2, 0.25) is 0 Å². The van der Waals surface area contributed by atoms with Gasteiger partial charge in [-0.15, -0.1) is 0 Å². The van der Waals surface area contributed by atoms with Crippen molar-refractivity contribution in [3.63, 3.8) is 0 Å². The van der Waals surface area contributed by atoms with Crippen LogP contribution in [0.5, 0.6) is 0 Å². The highest BCUT2D eigenvalue weighted by Gasteiger charge is 2.51. The summed E-state index contributed by atoms with van der Waals surface area (Å²) in [5.74, 6) is 0. The largest absolute Gasteiger partial charge is 0.494 e. The Labute approximate surface area is 119 Å². The Balaban J connectivity index is 2.04. The van der Waals surface area contributed by atoms with Crippen LogP contribution in [0, 0.1) is 6.92 Å². The minimum atomic E-state index is -0.356. The molecule has 4 nitrogen and oxygen atoms in total. The Morgan fingerprint density at radius 1 is 0.950 bits per heavy atom. The smallest absolute Gasteiger partial charge is 0.399 e. The summed E-state index contributed by atoms with van der Waals surface area (Å²) in [6, 6.07) is 4.07. The number of hydrogen-bond acceptors (Lipinski definition) is 4. The van der Waals surface area contributed by atoms with Crippen molar-refractivity contribution in [2.45, 2.75) is 45.8 Å². The van der Waals surface area contributed by atoms with Crippen molar-refractivity contribution in [1.82, 2.24) is 9.97 Å². The van der Waals surface area contributed by atoms with Gasteiger partial charge in [0.2, 0.25) is 0 Å². The number of aryl methyl sites for hydroxylation is 1. The summed E-state index contributed by atoms with van der Waals surface area (Å²) >= 11 is 0. The van der Waals surface area contributed by atoms with Crippen molar-refractivity contribution in [1.29, 1.82) is 0 Å². The van der Waals surface area contributed by atoms with Crippen molar-refractivity contribution >= 4 is 23.6 Å². The van der Waals surface area contributed by atoms with E-state index in [4.69, 9.17) is 9.31 Å². The normalized spacial score (nSPS) is 20.6. The van der Waals surface area contributed by atoms with Gasteiger partial charge < -0.3 is 9.31 Å². The van der Waals surface area contributed by atoms with Crippen LogP contribution in [-0.4, -0.2) is 28.3 Å². The molecule has 0 N–H and O–H groups in total. The van der Waals surface area contributed by atoms with Gasteiger partial charge in [0.05, 0.1) is 22.2 Å². The van der Waals surface area contributed by atoms with E-state index in [-0.39, 0.29) is 18.3 Å². The quantitative estimate of drug-likeness (QED) is 0.745. The van der Waals surface area contributed by atoms with E-state index in [0.29, 0.717) is 0 Å². The van der Waals surface area contributed by atoms with Gasteiger partial charge in [-0.2, -0.15) is 0 Å². The minimum absolute atomic E-state index is 0.330. The standard InChI is InChI=1S/C15H19BN2O2/c1-10-8-11(9-12-13(10)18-7-6-17-12)16-19-14(2,3)15(4,5)20-16/h6-9H,1-5H3. The van der Waals surface area contributed by atoms with Crippen LogP contribution in [0.1, 0.15) is 33.3 Å². The lowest BCUT2D eigenvalue weighted by molar-refractivity contribution is 0.00578. The maximum Gasteiger partial charge on any atom is 0.494 e. The molecular weight excluding hydrogens is 251 g/mol. The predicted molar refractivity (Wildman–Crippen MR) is 80.0 cm³/mol. The van der Waals surface area contributed by atoms with Gasteiger partial charge in [-0.3, -0.25) is 9.97 Å². The lowest BCUT2D eigenvalue weighted by Crippen LogP contribution is -2.41. The summed E-state index contributed by atoms with van der Waals surface area (Å²) in [6.45, 7) is 10.3. The zero-order valence-corrected chi connectivity index (χ0v) is 12.6. The second-order valence-corrected chi connectivity index (χ2v) is 6.35. The van der Waals surface area contributed by atoms with Crippen LogP contribution in [-0.2, 0) is 9.31 Å². The van der Waals surface area contributed by atoms with Crippen molar-refractivity contribution in [3.8, 4) is 0 Å². The summed E-state index contributed by atoms with van der Waals surface area (Å²) in [5.41, 5.74) is 3.21. The van der Waals surface area contributed by atoms with Crippen molar-refractivity contribution < 1.29 is 9.31 Å². The molecule has 0 radical (unpaired) electrons. The minimum Gasteiger partial charge on any atom is -0.399 e. The molecule has 3 rings (SSSR count). The third kappa shape index (κ3) is 2.01. The summed E-state index contributed by atoms with van der Waals surface area (Å²) in [5, 5.41) is 0. The maximum absolute atomic E-state index is 6.08. The number of fused-ring (bicyclic) bond motifs is 1. The molecule has 0 unspecified atom stereocenters. The first-order valence-corrected chi connectivity index (χ1v) is 6.87. The van der Waals surface area contributed by atoms with E-state index in [9.17, 15) is 0 Å². The molecule has 1 fully saturated rings. The first kappa shape index (κ1) is 13.5. The Kier molecular flexibility index (Phi) is 2.89. The molecular formula is C15H19BN2O2. The van der Waals surface area contributed by atoms with Crippen molar-refractivity contribution in [3.05, 3.63) is 30.1 Å². The van der Waals surface area contributed by atoms with E-state index in [0.717, 1.165) is 22.1 Å². The summed E-state index contributed by atoms with van der Waals surface area (Å²) in [7, 11) is -0.356. The molecule has 1 saturated heterocycles. The number of benzene rings is 1. The molecule has 1 aromatic heterocycles. The number of hydrogen-bond donors (Lipinski definition) is 0. The second-order valence-electron chi connectivity index (χ2n) is 6.35. The van der Waals surface area contributed by atoms with E-state index in [1.165, 1.54) is 0 Å². The average Bonchev–Trinajstić information content (AvgIpc) is 2.58. The number of aromatic nitrogens is 2. The number of rotatable bonds is 1. The Bertz CT molecular complexity index is 654. The molecule has 0 saturated carbocycles. The Morgan fingerprint density at radius 3 is 2.20 bits per heavy atom. The van der Waals surface area contributed by atoms with Crippen LogP contribution in [0.15, 0.2) is 24.5 Å². The SMILES string of the molecule is Cc1cc(B2OC(C)(C)C(C)(C)O2)cc2nccnc12. The van der Waals surface area contributed by atoms with Gasteiger partial charge in [0.25, 0.3) is 0 Å².